The highest BCUT2D eigenvalue weighted by Crippen LogP contribution is 2.40. The SMILES string of the molecule is CC(C)(C)NC(=O)[C@@H]1C[C@@H]2CCC[C@@H]2CN1C[C@@H](O)C(Cc1ccccc1)NC(=O)OCC[C@H]1CO[C@H]2OCC[C@@H]12. The Morgan fingerprint density at radius 3 is 2.68 bits per heavy atom. The minimum absolute atomic E-state index is 0.0211. The van der Waals surface area contributed by atoms with Crippen LogP contribution in [0.2, 0.25) is 0 Å². The van der Waals surface area contributed by atoms with Crippen molar-refractivity contribution in [2.45, 2.75) is 95.7 Å². The molecule has 0 bridgehead atoms. The molecule has 41 heavy (non-hydrogen) atoms. The Labute approximate surface area is 244 Å². The monoisotopic (exact) mass is 571 g/mol. The summed E-state index contributed by atoms with van der Waals surface area (Å²) < 4.78 is 16.9. The van der Waals surface area contributed by atoms with E-state index in [0.29, 0.717) is 49.9 Å². The second kappa shape index (κ2) is 13.4. The zero-order valence-corrected chi connectivity index (χ0v) is 24.9. The van der Waals surface area contributed by atoms with Crippen LogP contribution in [0.1, 0.15) is 64.9 Å². The molecule has 8 atom stereocenters. The average molecular weight is 572 g/mol. The molecule has 9 nitrogen and oxygen atoms in total. The summed E-state index contributed by atoms with van der Waals surface area (Å²) in [6, 6.07) is 9.02. The Morgan fingerprint density at radius 2 is 1.90 bits per heavy atom. The van der Waals surface area contributed by atoms with E-state index in [0.717, 1.165) is 38.0 Å². The van der Waals surface area contributed by atoms with Gasteiger partial charge in [-0.25, -0.2) is 4.79 Å². The largest absolute Gasteiger partial charge is 0.450 e. The van der Waals surface area contributed by atoms with Gasteiger partial charge in [0.15, 0.2) is 6.29 Å². The lowest BCUT2D eigenvalue weighted by atomic mass is 9.83. The third-order valence-corrected chi connectivity index (χ3v) is 9.43. The van der Waals surface area contributed by atoms with Gasteiger partial charge >= 0.3 is 6.09 Å². The number of rotatable bonds is 10. The van der Waals surface area contributed by atoms with Crippen molar-refractivity contribution >= 4 is 12.0 Å². The fraction of sp³-hybridized carbons (Fsp3) is 0.750. The summed E-state index contributed by atoms with van der Waals surface area (Å²) in [6.07, 6.45) is 5.03. The van der Waals surface area contributed by atoms with Crippen LogP contribution in [0.15, 0.2) is 30.3 Å². The molecule has 3 N–H and O–H groups in total. The van der Waals surface area contributed by atoms with Gasteiger partial charge in [-0.05, 0) is 76.2 Å². The summed E-state index contributed by atoms with van der Waals surface area (Å²) in [5, 5.41) is 17.7. The molecular formula is C32H49N3O6. The van der Waals surface area contributed by atoms with Gasteiger partial charge in [-0.2, -0.15) is 0 Å². The Kier molecular flexibility index (Phi) is 9.89. The molecule has 0 aromatic heterocycles. The van der Waals surface area contributed by atoms with E-state index in [1.807, 2.05) is 51.1 Å². The molecule has 4 aliphatic rings. The number of aliphatic hydroxyl groups is 1. The van der Waals surface area contributed by atoms with E-state index in [2.05, 4.69) is 15.5 Å². The maximum absolute atomic E-state index is 13.4. The number of amides is 2. The van der Waals surface area contributed by atoms with Crippen LogP contribution in [0.4, 0.5) is 4.79 Å². The third-order valence-electron chi connectivity index (χ3n) is 9.43. The Balaban J connectivity index is 1.21. The van der Waals surface area contributed by atoms with Crippen LogP contribution in [-0.2, 0) is 25.4 Å². The minimum atomic E-state index is -0.870. The number of alkyl carbamates (subject to hydrolysis) is 1. The maximum atomic E-state index is 13.4. The predicted molar refractivity (Wildman–Crippen MR) is 155 cm³/mol. The number of ether oxygens (including phenoxy) is 3. The fourth-order valence-corrected chi connectivity index (χ4v) is 7.32. The quantitative estimate of drug-likeness (QED) is 0.395. The van der Waals surface area contributed by atoms with Crippen molar-refractivity contribution in [3.05, 3.63) is 35.9 Å². The number of aliphatic hydroxyl groups excluding tert-OH is 1. The smallest absolute Gasteiger partial charge is 0.407 e. The number of carbonyl (C=O) groups is 2. The molecule has 0 radical (unpaired) electrons. The molecule has 1 aromatic carbocycles. The molecule has 3 aliphatic heterocycles. The summed E-state index contributed by atoms with van der Waals surface area (Å²) in [5.74, 6) is 1.84. The van der Waals surface area contributed by atoms with Gasteiger partial charge in [0.05, 0.1) is 38.0 Å². The van der Waals surface area contributed by atoms with E-state index < -0.39 is 18.2 Å². The van der Waals surface area contributed by atoms with Crippen LogP contribution in [0.25, 0.3) is 0 Å². The first kappa shape index (κ1) is 30.3. The van der Waals surface area contributed by atoms with Crippen LogP contribution in [0, 0.1) is 23.7 Å². The summed E-state index contributed by atoms with van der Waals surface area (Å²) in [6.45, 7) is 8.75. The standard InChI is InChI=1S/C32H49N3O6/c1-32(2,3)34-29(37)27-17-22-10-7-11-23(22)18-35(27)19-28(36)26(16-21-8-5-4-6-9-21)33-31(38)40-14-12-24-20-41-30-25(24)13-15-39-30/h4-6,8-9,22-28,30,36H,7,10-20H2,1-3H3,(H,33,38)(H,34,37)/t22-,23+,24-,25-,26?,27-,28+,30+/m0/s1. The number of piperidine rings is 1. The van der Waals surface area contributed by atoms with Crippen LogP contribution < -0.4 is 10.6 Å². The van der Waals surface area contributed by atoms with Gasteiger partial charge in [-0.15, -0.1) is 0 Å². The lowest BCUT2D eigenvalue weighted by Crippen LogP contribution is -2.59. The molecule has 2 amide bonds. The van der Waals surface area contributed by atoms with Crippen LogP contribution in [0.3, 0.4) is 0 Å². The van der Waals surface area contributed by atoms with E-state index in [4.69, 9.17) is 14.2 Å². The average Bonchev–Trinajstić information content (AvgIpc) is 3.66. The summed E-state index contributed by atoms with van der Waals surface area (Å²) in [5.41, 5.74) is 0.689. The number of benzene rings is 1. The highest BCUT2D eigenvalue weighted by Gasteiger charge is 2.43. The van der Waals surface area contributed by atoms with E-state index in [1.165, 1.54) is 19.3 Å². The summed E-state index contributed by atoms with van der Waals surface area (Å²) >= 11 is 0. The number of fused-ring (bicyclic) bond motifs is 2. The zero-order valence-electron chi connectivity index (χ0n) is 24.9. The first-order valence-corrected chi connectivity index (χ1v) is 15.6. The number of hydrogen-bond donors (Lipinski definition) is 3. The summed E-state index contributed by atoms with van der Waals surface area (Å²) in [7, 11) is 0. The van der Waals surface area contributed by atoms with Gasteiger partial charge in [0.25, 0.3) is 0 Å². The van der Waals surface area contributed by atoms with Gasteiger partial charge in [0.2, 0.25) is 5.91 Å². The molecule has 228 valence electrons. The van der Waals surface area contributed by atoms with Crippen molar-refractivity contribution in [2.75, 3.05) is 32.9 Å². The Morgan fingerprint density at radius 1 is 1.12 bits per heavy atom. The minimum Gasteiger partial charge on any atom is -0.450 e. The molecule has 3 heterocycles. The van der Waals surface area contributed by atoms with Gasteiger partial charge < -0.3 is 30.0 Å². The van der Waals surface area contributed by atoms with Crippen molar-refractivity contribution < 1.29 is 28.9 Å². The predicted octanol–water partition coefficient (Wildman–Crippen LogP) is 3.49. The number of likely N-dealkylation sites (tertiary alicyclic amines) is 1. The molecule has 5 rings (SSSR count). The highest BCUT2D eigenvalue weighted by molar-refractivity contribution is 5.82. The van der Waals surface area contributed by atoms with E-state index >= 15 is 0 Å². The summed E-state index contributed by atoms with van der Waals surface area (Å²) in [4.78, 5) is 28.5. The molecule has 1 aromatic rings. The van der Waals surface area contributed by atoms with Crippen LogP contribution >= 0.6 is 0 Å². The first-order valence-electron chi connectivity index (χ1n) is 15.6. The van der Waals surface area contributed by atoms with Gasteiger partial charge in [-0.3, -0.25) is 9.69 Å². The van der Waals surface area contributed by atoms with Crippen LogP contribution in [0.5, 0.6) is 0 Å². The molecular weight excluding hydrogens is 522 g/mol. The lowest BCUT2D eigenvalue weighted by molar-refractivity contribution is -0.131. The molecule has 4 fully saturated rings. The van der Waals surface area contributed by atoms with Gasteiger partial charge in [0.1, 0.15) is 0 Å². The topological polar surface area (TPSA) is 109 Å². The third kappa shape index (κ3) is 8.00. The Bertz CT molecular complexity index is 1020. The van der Waals surface area contributed by atoms with E-state index in [-0.39, 0.29) is 23.8 Å². The Hall–Kier alpha value is -2.20. The number of nitrogens with zero attached hydrogens (tertiary/aromatic N) is 1. The number of carbonyl (C=O) groups excluding carboxylic acids is 2. The molecule has 0 spiro atoms. The normalized spacial score (nSPS) is 31.2. The van der Waals surface area contributed by atoms with Crippen molar-refractivity contribution in [1.82, 2.24) is 15.5 Å². The number of β-amino-alcohol motifs (C(OH)–C–C–N with tert-alkyl or cyclic N) is 1. The molecule has 3 saturated heterocycles. The molecule has 1 saturated carbocycles. The number of nitrogens with one attached hydrogen (secondary N) is 2. The first-order chi connectivity index (χ1) is 19.7. The molecule has 1 unspecified atom stereocenters. The fourth-order valence-electron chi connectivity index (χ4n) is 7.32. The number of hydrogen-bond acceptors (Lipinski definition) is 7. The highest BCUT2D eigenvalue weighted by atomic mass is 16.7. The van der Waals surface area contributed by atoms with E-state index in [1.54, 1.807) is 0 Å². The zero-order chi connectivity index (χ0) is 29.0. The molecule has 1 aliphatic carbocycles. The van der Waals surface area contributed by atoms with Crippen molar-refractivity contribution in [1.29, 1.82) is 0 Å². The van der Waals surface area contributed by atoms with Crippen molar-refractivity contribution in [3.63, 3.8) is 0 Å². The van der Waals surface area contributed by atoms with E-state index in [9.17, 15) is 14.7 Å². The second-order valence-electron chi connectivity index (χ2n) is 13.6. The van der Waals surface area contributed by atoms with Crippen molar-refractivity contribution in [2.24, 2.45) is 23.7 Å². The lowest BCUT2D eigenvalue weighted by Gasteiger charge is -2.43. The maximum Gasteiger partial charge on any atom is 0.407 e. The van der Waals surface area contributed by atoms with Crippen molar-refractivity contribution in [3.8, 4) is 0 Å². The van der Waals surface area contributed by atoms with Crippen LogP contribution in [-0.4, -0.2) is 84.9 Å². The van der Waals surface area contributed by atoms with Gasteiger partial charge in [-0.1, -0.05) is 43.2 Å². The van der Waals surface area contributed by atoms with Gasteiger partial charge in [0, 0.05) is 24.5 Å². The second-order valence-corrected chi connectivity index (χ2v) is 13.6. The molecule has 9 heteroatoms.